The molecule has 2 aromatic heterocycles. The molecule has 0 unspecified atom stereocenters. The number of aromatic nitrogens is 2. The van der Waals surface area contributed by atoms with Crippen LogP contribution in [0.1, 0.15) is 39.6 Å². The molecule has 6 nitrogen and oxygen atoms in total. The third-order valence-corrected chi connectivity index (χ3v) is 4.16. The van der Waals surface area contributed by atoms with Crippen molar-refractivity contribution in [1.82, 2.24) is 15.3 Å². The summed E-state index contributed by atoms with van der Waals surface area (Å²) < 4.78 is 5.43. The highest BCUT2D eigenvalue weighted by molar-refractivity contribution is 5.95. The first kappa shape index (κ1) is 15.5. The second-order valence-corrected chi connectivity index (χ2v) is 6.28. The minimum atomic E-state index is -0.0707. The maximum atomic E-state index is 12.4. The second-order valence-electron chi connectivity index (χ2n) is 6.28. The molecule has 23 heavy (non-hydrogen) atoms. The number of furan rings is 1. The van der Waals surface area contributed by atoms with Crippen molar-refractivity contribution in [2.45, 2.75) is 39.2 Å². The zero-order valence-electron chi connectivity index (χ0n) is 14.0. The Morgan fingerprint density at radius 3 is 2.83 bits per heavy atom. The molecule has 0 aliphatic heterocycles. The van der Waals surface area contributed by atoms with E-state index in [1.54, 1.807) is 6.07 Å². The van der Waals surface area contributed by atoms with Crippen LogP contribution < -0.4 is 10.2 Å². The molecule has 122 valence electrons. The van der Waals surface area contributed by atoms with Crippen LogP contribution in [0.3, 0.4) is 0 Å². The van der Waals surface area contributed by atoms with E-state index >= 15 is 0 Å². The molecule has 1 amide bonds. The number of carbonyl (C=O) groups is 1. The van der Waals surface area contributed by atoms with Gasteiger partial charge in [-0.25, -0.2) is 9.97 Å². The molecule has 0 radical (unpaired) electrons. The lowest BCUT2D eigenvalue weighted by Gasteiger charge is -2.25. The summed E-state index contributed by atoms with van der Waals surface area (Å²) in [5.74, 6) is 2.08. The van der Waals surface area contributed by atoms with Crippen LogP contribution in [-0.4, -0.2) is 36.0 Å². The highest BCUT2D eigenvalue weighted by Gasteiger charge is 2.24. The van der Waals surface area contributed by atoms with Gasteiger partial charge in [-0.15, -0.1) is 0 Å². The zero-order valence-corrected chi connectivity index (χ0v) is 14.0. The van der Waals surface area contributed by atoms with E-state index in [-0.39, 0.29) is 11.9 Å². The van der Waals surface area contributed by atoms with Gasteiger partial charge in [-0.3, -0.25) is 4.79 Å². The predicted octanol–water partition coefficient (Wildman–Crippen LogP) is 2.04. The lowest BCUT2D eigenvalue weighted by molar-refractivity contribution is 0.0932. The molecule has 2 heterocycles. The molecule has 0 bridgehead atoms. The summed E-state index contributed by atoms with van der Waals surface area (Å²) in [6.07, 6.45) is 4.39. The first-order valence-corrected chi connectivity index (χ1v) is 7.84. The van der Waals surface area contributed by atoms with Crippen molar-refractivity contribution in [3.8, 4) is 0 Å². The van der Waals surface area contributed by atoms with Crippen LogP contribution in [0.4, 0.5) is 5.95 Å². The van der Waals surface area contributed by atoms with E-state index in [1.165, 1.54) is 0 Å². The number of rotatable bonds is 3. The van der Waals surface area contributed by atoms with Crippen molar-refractivity contribution in [2.24, 2.45) is 0 Å². The summed E-state index contributed by atoms with van der Waals surface area (Å²) >= 11 is 0. The summed E-state index contributed by atoms with van der Waals surface area (Å²) in [7, 11) is 3.87. The summed E-state index contributed by atoms with van der Waals surface area (Å²) in [4.78, 5) is 23.3. The minimum absolute atomic E-state index is 0.0707. The molecule has 1 aliphatic rings. The predicted molar refractivity (Wildman–Crippen MR) is 87.8 cm³/mol. The Labute approximate surface area is 135 Å². The fourth-order valence-corrected chi connectivity index (χ4v) is 2.96. The number of hydrogen-bond acceptors (Lipinski definition) is 5. The summed E-state index contributed by atoms with van der Waals surface area (Å²) in [5, 5.41) is 3.10. The Kier molecular flexibility index (Phi) is 4.07. The molecule has 0 saturated heterocycles. The number of hydrogen-bond donors (Lipinski definition) is 1. The van der Waals surface area contributed by atoms with Crippen LogP contribution in [0.2, 0.25) is 0 Å². The maximum absolute atomic E-state index is 12.4. The van der Waals surface area contributed by atoms with E-state index < -0.39 is 0 Å². The SMILES string of the molecule is Cc1cc(C(=O)N[C@H]2CCc3nc(N(C)C)ncc3C2)c(C)o1. The van der Waals surface area contributed by atoms with Crippen molar-refractivity contribution in [1.29, 1.82) is 0 Å². The molecular formula is C17H22N4O2. The van der Waals surface area contributed by atoms with Gasteiger partial charge in [0.1, 0.15) is 11.5 Å². The van der Waals surface area contributed by atoms with Crippen LogP contribution in [0.5, 0.6) is 0 Å². The first-order valence-electron chi connectivity index (χ1n) is 7.84. The van der Waals surface area contributed by atoms with E-state index in [9.17, 15) is 4.79 Å². The summed E-state index contributed by atoms with van der Waals surface area (Å²) in [6, 6.07) is 1.90. The van der Waals surface area contributed by atoms with Crippen LogP contribution >= 0.6 is 0 Å². The fraction of sp³-hybridized carbons (Fsp3) is 0.471. The smallest absolute Gasteiger partial charge is 0.255 e. The number of anilines is 1. The Morgan fingerprint density at radius 2 is 2.17 bits per heavy atom. The van der Waals surface area contributed by atoms with Crippen molar-refractivity contribution in [3.05, 3.63) is 40.6 Å². The van der Waals surface area contributed by atoms with Crippen molar-refractivity contribution >= 4 is 11.9 Å². The molecule has 0 saturated carbocycles. The van der Waals surface area contributed by atoms with Crippen molar-refractivity contribution in [3.63, 3.8) is 0 Å². The average Bonchev–Trinajstić information content (AvgIpc) is 2.85. The quantitative estimate of drug-likeness (QED) is 0.938. The number of carbonyl (C=O) groups excluding carboxylic acids is 1. The van der Waals surface area contributed by atoms with E-state index in [0.717, 1.165) is 42.2 Å². The number of fused-ring (bicyclic) bond motifs is 1. The van der Waals surface area contributed by atoms with Crippen LogP contribution in [0.15, 0.2) is 16.7 Å². The topological polar surface area (TPSA) is 71.3 Å². The van der Waals surface area contributed by atoms with Gasteiger partial charge in [-0.1, -0.05) is 0 Å². The zero-order chi connectivity index (χ0) is 16.6. The molecule has 1 N–H and O–H groups in total. The lowest BCUT2D eigenvalue weighted by Crippen LogP contribution is -2.39. The van der Waals surface area contributed by atoms with E-state index in [4.69, 9.17) is 4.42 Å². The van der Waals surface area contributed by atoms with E-state index in [1.807, 2.05) is 39.0 Å². The highest BCUT2D eigenvalue weighted by Crippen LogP contribution is 2.22. The second kappa shape index (κ2) is 6.02. The Balaban J connectivity index is 1.70. The number of nitrogens with one attached hydrogen (secondary N) is 1. The molecular weight excluding hydrogens is 292 g/mol. The molecule has 0 spiro atoms. The number of amides is 1. The van der Waals surface area contributed by atoms with Crippen molar-refractivity contribution < 1.29 is 9.21 Å². The maximum Gasteiger partial charge on any atom is 0.255 e. The minimum Gasteiger partial charge on any atom is -0.466 e. The molecule has 0 aromatic carbocycles. The van der Waals surface area contributed by atoms with Gasteiger partial charge in [-0.05, 0) is 44.7 Å². The molecule has 1 aliphatic carbocycles. The normalized spacial score (nSPS) is 16.8. The Hall–Kier alpha value is -2.37. The third kappa shape index (κ3) is 3.21. The number of nitrogens with zero attached hydrogens (tertiary/aromatic N) is 3. The van der Waals surface area contributed by atoms with Crippen LogP contribution in [-0.2, 0) is 12.8 Å². The van der Waals surface area contributed by atoms with Gasteiger partial charge in [0.15, 0.2) is 0 Å². The van der Waals surface area contributed by atoms with Gasteiger partial charge in [0.05, 0.1) is 5.56 Å². The van der Waals surface area contributed by atoms with Gasteiger partial charge < -0.3 is 14.6 Å². The van der Waals surface area contributed by atoms with E-state index in [0.29, 0.717) is 11.3 Å². The summed E-state index contributed by atoms with van der Waals surface area (Å²) in [6.45, 7) is 3.66. The number of aryl methyl sites for hydroxylation is 3. The molecule has 2 aromatic rings. The van der Waals surface area contributed by atoms with Gasteiger partial charge in [0, 0.05) is 32.0 Å². The molecule has 1 atom stereocenters. The molecule has 6 heteroatoms. The average molecular weight is 314 g/mol. The van der Waals surface area contributed by atoms with Gasteiger partial charge >= 0.3 is 0 Å². The lowest BCUT2D eigenvalue weighted by atomic mass is 9.92. The van der Waals surface area contributed by atoms with Gasteiger partial charge in [-0.2, -0.15) is 0 Å². The summed E-state index contributed by atoms with van der Waals surface area (Å²) in [5.41, 5.74) is 2.82. The first-order chi connectivity index (χ1) is 10.9. The van der Waals surface area contributed by atoms with Crippen LogP contribution in [0, 0.1) is 13.8 Å². The van der Waals surface area contributed by atoms with Crippen molar-refractivity contribution in [2.75, 3.05) is 19.0 Å². The molecule has 0 fully saturated rings. The fourth-order valence-electron chi connectivity index (χ4n) is 2.96. The monoisotopic (exact) mass is 314 g/mol. The standard InChI is InChI=1S/C17H22N4O2/c1-10-7-14(11(2)23-10)16(22)19-13-5-6-15-12(8-13)9-18-17(20-15)21(3)4/h7,9,13H,5-6,8H2,1-4H3,(H,19,22)/t13-/m0/s1. The third-order valence-electron chi connectivity index (χ3n) is 4.16. The van der Waals surface area contributed by atoms with Gasteiger partial charge in [0.2, 0.25) is 5.95 Å². The van der Waals surface area contributed by atoms with Gasteiger partial charge in [0.25, 0.3) is 5.91 Å². The van der Waals surface area contributed by atoms with E-state index in [2.05, 4.69) is 15.3 Å². The Morgan fingerprint density at radius 1 is 1.39 bits per heavy atom. The van der Waals surface area contributed by atoms with Crippen LogP contribution in [0.25, 0.3) is 0 Å². The Bertz CT molecular complexity index is 736. The molecule has 3 rings (SSSR count). The largest absolute Gasteiger partial charge is 0.466 e. The highest BCUT2D eigenvalue weighted by atomic mass is 16.3.